The van der Waals surface area contributed by atoms with Crippen molar-refractivity contribution in [3.8, 4) is 0 Å². The van der Waals surface area contributed by atoms with Crippen molar-refractivity contribution in [3.63, 3.8) is 0 Å². The van der Waals surface area contributed by atoms with Gasteiger partial charge >= 0.3 is 0 Å². The van der Waals surface area contributed by atoms with Crippen molar-refractivity contribution >= 4 is 17.7 Å². The van der Waals surface area contributed by atoms with Gasteiger partial charge in [0.15, 0.2) is 5.96 Å². The number of hydrogen-bond donors (Lipinski definition) is 1. The molecule has 2 rings (SSSR count). The largest absolute Gasteiger partial charge is 0.382 e. The lowest BCUT2D eigenvalue weighted by atomic mass is 9.83. The van der Waals surface area contributed by atoms with Gasteiger partial charge in [-0.2, -0.15) is 11.8 Å². The van der Waals surface area contributed by atoms with E-state index in [-0.39, 0.29) is 0 Å². The molecule has 0 aromatic heterocycles. The van der Waals surface area contributed by atoms with Gasteiger partial charge in [0.25, 0.3) is 0 Å². The molecule has 1 aliphatic heterocycles. The van der Waals surface area contributed by atoms with Gasteiger partial charge in [0.05, 0.1) is 0 Å². The van der Waals surface area contributed by atoms with Crippen molar-refractivity contribution in [2.75, 3.05) is 44.4 Å². The van der Waals surface area contributed by atoms with E-state index in [0.29, 0.717) is 5.41 Å². The minimum absolute atomic E-state index is 0.352. The van der Waals surface area contributed by atoms with Crippen molar-refractivity contribution in [1.29, 1.82) is 0 Å². The highest BCUT2D eigenvalue weighted by Gasteiger charge is 2.33. The van der Waals surface area contributed by atoms with E-state index in [4.69, 9.17) is 15.5 Å². The van der Waals surface area contributed by atoms with E-state index in [1.807, 2.05) is 11.8 Å². The molecule has 1 aliphatic carbocycles. The van der Waals surface area contributed by atoms with Crippen LogP contribution in [0.2, 0.25) is 0 Å². The summed E-state index contributed by atoms with van der Waals surface area (Å²) in [5.74, 6) is 3.10. The second-order valence-electron chi connectivity index (χ2n) is 5.93. The van der Waals surface area contributed by atoms with Crippen molar-refractivity contribution in [2.45, 2.75) is 39.0 Å². The smallest absolute Gasteiger partial charge is 0.191 e. The second-order valence-corrected chi connectivity index (χ2v) is 7.15. The zero-order valence-corrected chi connectivity index (χ0v) is 13.6. The standard InChI is InChI=1S/C15H29N3OS/c1-2-19-10-7-15(5-3-4-6-15)13-17-14(16)18-8-11-20-12-9-18/h2-13H2,1H3,(H2,16,17). The Labute approximate surface area is 127 Å². The average Bonchev–Trinajstić information content (AvgIpc) is 2.95. The molecule has 116 valence electrons. The molecule has 0 spiro atoms. The van der Waals surface area contributed by atoms with Crippen LogP contribution in [0.25, 0.3) is 0 Å². The van der Waals surface area contributed by atoms with Gasteiger partial charge in [-0.25, -0.2) is 0 Å². The maximum Gasteiger partial charge on any atom is 0.191 e. The van der Waals surface area contributed by atoms with Gasteiger partial charge in [0.1, 0.15) is 0 Å². The zero-order valence-electron chi connectivity index (χ0n) is 12.8. The van der Waals surface area contributed by atoms with Gasteiger partial charge in [-0.05, 0) is 31.6 Å². The molecular formula is C15H29N3OS. The number of thioether (sulfide) groups is 1. The molecule has 0 amide bonds. The normalized spacial score (nSPS) is 23.2. The number of guanidine groups is 1. The molecule has 0 radical (unpaired) electrons. The lowest BCUT2D eigenvalue weighted by molar-refractivity contribution is 0.107. The first kappa shape index (κ1) is 16.0. The number of nitrogens with zero attached hydrogens (tertiary/aromatic N) is 2. The molecule has 0 unspecified atom stereocenters. The van der Waals surface area contributed by atoms with Crippen LogP contribution in [0.5, 0.6) is 0 Å². The number of rotatable bonds is 6. The number of nitrogens with two attached hydrogens (primary N) is 1. The molecule has 0 aromatic rings. The third-order valence-corrected chi connectivity index (χ3v) is 5.50. The topological polar surface area (TPSA) is 50.9 Å². The first-order valence-electron chi connectivity index (χ1n) is 7.96. The van der Waals surface area contributed by atoms with Crippen LogP contribution in [0.15, 0.2) is 4.99 Å². The number of aliphatic imine (C=N–C) groups is 1. The van der Waals surface area contributed by atoms with E-state index in [0.717, 1.165) is 45.2 Å². The molecule has 2 aliphatic rings. The molecule has 0 bridgehead atoms. The molecule has 0 aromatic carbocycles. The molecule has 1 saturated heterocycles. The lowest BCUT2D eigenvalue weighted by Crippen LogP contribution is -2.43. The predicted molar refractivity (Wildman–Crippen MR) is 87.4 cm³/mol. The zero-order chi connectivity index (χ0) is 14.3. The number of ether oxygens (including phenoxy) is 1. The van der Waals surface area contributed by atoms with Gasteiger partial charge in [0, 0.05) is 44.4 Å². The summed E-state index contributed by atoms with van der Waals surface area (Å²) in [5, 5.41) is 0. The summed E-state index contributed by atoms with van der Waals surface area (Å²) in [6.45, 7) is 6.72. The Bertz CT molecular complexity index is 310. The van der Waals surface area contributed by atoms with Gasteiger partial charge in [-0.3, -0.25) is 4.99 Å². The summed E-state index contributed by atoms with van der Waals surface area (Å²) >= 11 is 2.00. The van der Waals surface area contributed by atoms with E-state index in [2.05, 4.69) is 11.8 Å². The summed E-state index contributed by atoms with van der Waals surface area (Å²) < 4.78 is 5.55. The summed E-state index contributed by atoms with van der Waals surface area (Å²) in [5.41, 5.74) is 6.53. The van der Waals surface area contributed by atoms with Crippen LogP contribution in [0.1, 0.15) is 39.0 Å². The Kier molecular flexibility index (Phi) is 6.49. The summed E-state index contributed by atoms with van der Waals surface area (Å²) in [7, 11) is 0. The molecular weight excluding hydrogens is 270 g/mol. The third kappa shape index (κ3) is 4.55. The Hall–Kier alpha value is -0.420. The second kappa shape index (κ2) is 8.13. The Morgan fingerprint density at radius 1 is 1.30 bits per heavy atom. The van der Waals surface area contributed by atoms with Gasteiger partial charge in [0.2, 0.25) is 0 Å². The lowest BCUT2D eigenvalue weighted by Gasteiger charge is -2.30. The summed E-state index contributed by atoms with van der Waals surface area (Å²) in [4.78, 5) is 6.97. The van der Waals surface area contributed by atoms with E-state index in [9.17, 15) is 0 Å². The highest BCUT2D eigenvalue weighted by atomic mass is 32.2. The Morgan fingerprint density at radius 2 is 2.00 bits per heavy atom. The Balaban J connectivity index is 1.86. The van der Waals surface area contributed by atoms with E-state index in [1.54, 1.807) is 0 Å². The monoisotopic (exact) mass is 299 g/mol. The van der Waals surface area contributed by atoms with Gasteiger partial charge in [-0.15, -0.1) is 0 Å². The fourth-order valence-corrected chi connectivity index (χ4v) is 4.09. The Morgan fingerprint density at radius 3 is 2.65 bits per heavy atom. The molecule has 4 nitrogen and oxygen atoms in total. The third-order valence-electron chi connectivity index (χ3n) is 4.56. The van der Waals surface area contributed by atoms with E-state index in [1.165, 1.54) is 37.2 Å². The van der Waals surface area contributed by atoms with Crippen molar-refractivity contribution in [1.82, 2.24) is 4.90 Å². The molecule has 2 fully saturated rings. The van der Waals surface area contributed by atoms with Gasteiger partial charge in [-0.1, -0.05) is 12.8 Å². The first-order valence-corrected chi connectivity index (χ1v) is 9.12. The van der Waals surface area contributed by atoms with Gasteiger partial charge < -0.3 is 15.4 Å². The van der Waals surface area contributed by atoms with Crippen LogP contribution in [-0.4, -0.2) is 55.2 Å². The molecule has 20 heavy (non-hydrogen) atoms. The average molecular weight is 299 g/mol. The van der Waals surface area contributed by atoms with E-state index < -0.39 is 0 Å². The quantitative estimate of drug-likeness (QED) is 0.465. The summed E-state index contributed by atoms with van der Waals surface area (Å²) in [6.07, 6.45) is 6.37. The fraction of sp³-hybridized carbons (Fsp3) is 0.933. The fourth-order valence-electron chi connectivity index (χ4n) is 3.19. The van der Waals surface area contributed by atoms with Crippen LogP contribution in [0.4, 0.5) is 0 Å². The molecule has 2 N–H and O–H groups in total. The highest BCUT2D eigenvalue weighted by Crippen LogP contribution is 2.41. The van der Waals surface area contributed by atoms with Crippen LogP contribution in [-0.2, 0) is 4.74 Å². The molecule has 0 atom stereocenters. The van der Waals surface area contributed by atoms with Crippen LogP contribution in [0.3, 0.4) is 0 Å². The van der Waals surface area contributed by atoms with Crippen LogP contribution < -0.4 is 5.73 Å². The van der Waals surface area contributed by atoms with Crippen molar-refractivity contribution < 1.29 is 4.74 Å². The predicted octanol–water partition coefficient (Wildman–Crippen LogP) is 2.34. The van der Waals surface area contributed by atoms with Crippen LogP contribution in [0, 0.1) is 5.41 Å². The van der Waals surface area contributed by atoms with Crippen molar-refractivity contribution in [2.24, 2.45) is 16.1 Å². The minimum atomic E-state index is 0.352. The van der Waals surface area contributed by atoms with Crippen molar-refractivity contribution in [3.05, 3.63) is 0 Å². The minimum Gasteiger partial charge on any atom is -0.382 e. The first-order chi connectivity index (χ1) is 9.76. The molecule has 1 heterocycles. The maximum atomic E-state index is 6.18. The molecule has 1 saturated carbocycles. The number of hydrogen-bond acceptors (Lipinski definition) is 3. The van der Waals surface area contributed by atoms with E-state index >= 15 is 0 Å². The molecule has 5 heteroatoms. The van der Waals surface area contributed by atoms with Crippen LogP contribution >= 0.6 is 11.8 Å². The summed E-state index contributed by atoms with van der Waals surface area (Å²) in [6, 6.07) is 0. The highest BCUT2D eigenvalue weighted by molar-refractivity contribution is 7.99. The maximum absolute atomic E-state index is 6.18. The SMILES string of the molecule is CCOCCC1(CN=C(N)N2CCSCC2)CCCC1.